The first kappa shape index (κ1) is 19.5. The number of esters is 1. The van der Waals surface area contributed by atoms with Gasteiger partial charge < -0.3 is 14.5 Å². The van der Waals surface area contributed by atoms with Gasteiger partial charge >= 0.3 is 5.97 Å². The highest BCUT2D eigenvalue weighted by Gasteiger charge is 2.29. The molecule has 0 unspecified atom stereocenters. The minimum atomic E-state index is -0.380. The number of carbonyl (C=O) groups excluding carboxylic acids is 2. The van der Waals surface area contributed by atoms with Gasteiger partial charge in [0.15, 0.2) is 5.76 Å². The van der Waals surface area contributed by atoms with Crippen molar-refractivity contribution in [3.05, 3.63) is 40.2 Å². The lowest BCUT2D eigenvalue weighted by atomic mass is 10.0. The molecule has 0 atom stereocenters. The van der Waals surface area contributed by atoms with E-state index in [1.807, 2.05) is 0 Å². The normalized spacial score (nSPS) is 13.7. The Labute approximate surface area is 156 Å². The summed E-state index contributed by atoms with van der Waals surface area (Å²) in [6.07, 6.45) is 2.23. The lowest BCUT2D eigenvalue weighted by molar-refractivity contribution is 0.0526. The number of halogens is 1. The molecule has 2 aromatic rings. The summed E-state index contributed by atoms with van der Waals surface area (Å²) in [6.45, 7) is 6.84. The zero-order chi connectivity index (χ0) is 17.1. The fraction of sp³-hybridized carbons (Fsp3) is 0.412. The molecule has 8 heteroatoms. The van der Waals surface area contributed by atoms with Crippen LogP contribution in [0.2, 0.25) is 0 Å². The van der Waals surface area contributed by atoms with Gasteiger partial charge in [-0.2, -0.15) is 0 Å². The SMILES string of the molecule is CCOC(=O)c1c(NC(=O)c2ccco2)sc2c1CCN(CC)C2.Cl. The number of rotatable bonds is 5. The predicted octanol–water partition coefficient (Wildman–Crippen LogP) is 3.57. The van der Waals surface area contributed by atoms with Gasteiger partial charge in [-0.3, -0.25) is 9.69 Å². The van der Waals surface area contributed by atoms with Crippen LogP contribution in [0.5, 0.6) is 0 Å². The number of likely N-dealkylation sites (N-methyl/N-ethyl adjacent to an activating group) is 1. The van der Waals surface area contributed by atoms with E-state index < -0.39 is 0 Å². The Morgan fingerprint density at radius 1 is 1.40 bits per heavy atom. The Bertz CT molecular complexity index is 742. The van der Waals surface area contributed by atoms with E-state index in [9.17, 15) is 9.59 Å². The molecule has 0 aromatic carbocycles. The zero-order valence-corrected chi connectivity index (χ0v) is 15.8. The Hall–Kier alpha value is -1.83. The van der Waals surface area contributed by atoms with Crippen LogP contribution in [0.3, 0.4) is 0 Å². The molecule has 3 heterocycles. The van der Waals surface area contributed by atoms with Gasteiger partial charge in [0, 0.05) is 18.0 Å². The maximum atomic E-state index is 12.4. The molecule has 0 bridgehead atoms. The van der Waals surface area contributed by atoms with E-state index in [1.165, 1.54) is 17.6 Å². The Morgan fingerprint density at radius 3 is 2.84 bits per heavy atom. The van der Waals surface area contributed by atoms with Crippen LogP contribution in [-0.2, 0) is 17.7 Å². The molecule has 1 N–H and O–H groups in total. The fourth-order valence-corrected chi connectivity index (χ4v) is 4.08. The first-order chi connectivity index (χ1) is 11.6. The minimum Gasteiger partial charge on any atom is -0.462 e. The molecule has 0 spiro atoms. The van der Waals surface area contributed by atoms with Crippen molar-refractivity contribution in [2.75, 3.05) is 25.0 Å². The predicted molar refractivity (Wildman–Crippen MR) is 98.8 cm³/mol. The van der Waals surface area contributed by atoms with Crippen LogP contribution in [0, 0.1) is 0 Å². The fourth-order valence-electron chi connectivity index (χ4n) is 2.81. The van der Waals surface area contributed by atoms with Gasteiger partial charge in [0.05, 0.1) is 18.4 Å². The van der Waals surface area contributed by atoms with Crippen LogP contribution in [0.15, 0.2) is 22.8 Å². The molecule has 3 rings (SSSR count). The van der Waals surface area contributed by atoms with Crippen molar-refractivity contribution in [3.8, 4) is 0 Å². The first-order valence-electron chi connectivity index (χ1n) is 8.02. The molecule has 1 aliphatic heterocycles. The molecule has 6 nitrogen and oxygen atoms in total. The molecule has 0 fully saturated rings. The maximum Gasteiger partial charge on any atom is 0.341 e. The number of fused-ring (bicyclic) bond motifs is 1. The van der Waals surface area contributed by atoms with Crippen LogP contribution in [0.4, 0.5) is 5.00 Å². The third kappa shape index (κ3) is 4.05. The summed E-state index contributed by atoms with van der Waals surface area (Å²) >= 11 is 1.44. The average molecular weight is 385 g/mol. The van der Waals surface area contributed by atoms with Crippen molar-refractivity contribution in [1.82, 2.24) is 4.90 Å². The molecule has 2 aromatic heterocycles. The topological polar surface area (TPSA) is 71.8 Å². The Morgan fingerprint density at radius 2 is 2.20 bits per heavy atom. The van der Waals surface area contributed by atoms with E-state index in [4.69, 9.17) is 9.15 Å². The number of thiophene rings is 1. The molecule has 0 saturated heterocycles. The quantitative estimate of drug-likeness (QED) is 0.798. The van der Waals surface area contributed by atoms with Crippen molar-refractivity contribution < 1.29 is 18.7 Å². The Balaban J connectivity index is 0.00000225. The van der Waals surface area contributed by atoms with Gasteiger partial charge in [-0.15, -0.1) is 23.7 Å². The van der Waals surface area contributed by atoms with Crippen molar-refractivity contribution in [1.29, 1.82) is 0 Å². The molecular weight excluding hydrogens is 364 g/mol. The summed E-state index contributed by atoms with van der Waals surface area (Å²) in [4.78, 5) is 28.1. The van der Waals surface area contributed by atoms with E-state index in [1.54, 1.807) is 19.1 Å². The largest absolute Gasteiger partial charge is 0.462 e. The number of hydrogen-bond acceptors (Lipinski definition) is 6. The number of anilines is 1. The van der Waals surface area contributed by atoms with Crippen molar-refractivity contribution in [2.45, 2.75) is 26.8 Å². The van der Waals surface area contributed by atoms with Crippen LogP contribution in [0.25, 0.3) is 0 Å². The number of hydrogen-bond donors (Lipinski definition) is 1. The second kappa shape index (κ2) is 8.51. The van der Waals surface area contributed by atoms with E-state index in [0.29, 0.717) is 17.2 Å². The van der Waals surface area contributed by atoms with Crippen LogP contribution >= 0.6 is 23.7 Å². The van der Waals surface area contributed by atoms with Gasteiger partial charge in [0.25, 0.3) is 5.91 Å². The summed E-state index contributed by atoms with van der Waals surface area (Å²) in [5.41, 5.74) is 1.49. The third-order valence-electron chi connectivity index (χ3n) is 4.03. The number of carbonyl (C=O) groups is 2. The molecule has 136 valence electrons. The number of nitrogens with zero attached hydrogens (tertiary/aromatic N) is 1. The summed E-state index contributed by atoms with van der Waals surface area (Å²) < 4.78 is 10.3. The van der Waals surface area contributed by atoms with E-state index in [-0.39, 0.29) is 30.0 Å². The first-order valence-corrected chi connectivity index (χ1v) is 8.84. The summed E-state index contributed by atoms with van der Waals surface area (Å²) in [5, 5.41) is 3.35. The van der Waals surface area contributed by atoms with Crippen LogP contribution < -0.4 is 5.32 Å². The number of ether oxygens (including phenoxy) is 1. The molecule has 0 saturated carbocycles. The average Bonchev–Trinajstić information content (AvgIpc) is 3.21. The molecule has 1 amide bonds. The lowest BCUT2D eigenvalue weighted by Gasteiger charge is -2.25. The second-order valence-electron chi connectivity index (χ2n) is 5.48. The number of furan rings is 1. The third-order valence-corrected chi connectivity index (χ3v) is 5.17. The highest BCUT2D eigenvalue weighted by molar-refractivity contribution is 7.17. The molecule has 0 aliphatic carbocycles. The molecule has 1 aliphatic rings. The van der Waals surface area contributed by atoms with Crippen molar-refractivity contribution >= 4 is 40.6 Å². The Kier molecular flexibility index (Phi) is 6.64. The zero-order valence-electron chi connectivity index (χ0n) is 14.2. The highest BCUT2D eigenvalue weighted by Crippen LogP contribution is 2.37. The number of nitrogens with one attached hydrogen (secondary N) is 1. The van der Waals surface area contributed by atoms with Gasteiger partial charge in [-0.25, -0.2) is 4.79 Å². The van der Waals surface area contributed by atoms with E-state index in [2.05, 4.69) is 17.1 Å². The van der Waals surface area contributed by atoms with E-state index >= 15 is 0 Å². The van der Waals surface area contributed by atoms with Crippen molar-refractivity contribution in [2.24, 2.45) is 0 Å². The maximum absolute atomic E-state index is 12.4. The summed E-state index contributed by atoms with van der Waals surface area (Å²) in [6, 6.07) is 3.24. The summed E-state index contributed by atoms with van der Waals surface area (Å²) in [7, 11) is 0. The lowest BCUT2D eigenvalue weighted by Crippen LogP contribution is -2.30. The second-order valence-corrected chi connectivity index (χ2v) is 6.58. The van der Waals surface area contributed by atoms with Gasteiger partial charge in [-0.1, -0.05) is 6.92 Å². The molecular formula is C17H21ClN2O4S. The highest BCUT2D eigenvalue weighted by atomic mass is 35.5. The monoisotopic (exact) mass is 384 g/mol. The van der Waals surface area contributed by atoms with E-state index in [0.717, 1.165) is 36.5 Å². The van der Waals surface area contributed by atoms with Crippen molar-refractivity contribution in [3.63, 3.8) is 0 Å². The van der Waals surface area contributed by atoms with Crippen LogP contribution in [-0.4, -0.2) is 36.5 Å². The molecule has 25 heavy (non-hydrogen) atoms. The summed E-state index contributed by atoms with van der Waals surface area (Å²) in [5.74, 6) is -0.530. The smallest absolute Gasteiger partial charge is 0.341 e. The van der Waals surface area contributed by atoms with Gasteiger partial charge in [-0.05, 0) is 37.6 Å². The van der Waals surface area contributed by atoms with Gasteiger partial charge in [0.2, 0.25) is 0 Å². The van der Waals surface area contributed by atoms with Gasteiger partial charge in [0.1, 0.15) is 5.00 Å². The minimum absolute atomic E-state index is 0. The molecule has 0 radical (unpaired) electrons. The van der Waals surface area contributed by atoms with Crippen LogP contribution in [0.1, 0.15) is 45.2 Å². The number of amides is 1. The standard InChI is InChI=1S/C17H20N2O4S.ClH/c1-3-19-8-7-11-13(10-19)24-16(14(11)17(21)22-4-2)18-15(20)12-6-5-9-23-12;/h5-6,9H,3-4,7-8,10H2,1-2H3,(H,18,20);1H.